The molecule has 0 bridgehead atoms. The normalized spacial score (nSPS) is 27.4. The molecule has 0 aliphatic heterocycles. The van der Waals surface area contributed by atoms with Crippen LogP contribution in [0.5, 0.6) is 0 Å². The molecule has 134 valence electrons. The summed E-state index contributed by atoms with van der Waals surface area (Å²) >= 11 is 0. The second-order valence-electron chi connectivity index (χ2n) is 8.56. The molecule has 23 heavy (non-hydrogen) atoms. The quantitative estimate of drug-likeness (QED) is 0.499. The van der Waals surface area contributed by atoms with Gasteiger partial charge < -0.3 is 4.90 Å². The highest BCUT2D eigenvalue weighted by atomic mass is 15.1. The van der Waals surface area contributed by atoms with Crippen LogP contribution < -0.4 is 0 Å². The van der Waals surface area contributed by atoms with Crippen molar-refractivity contribution in [2.24, 2.45) is 17.8 Å². The molecule has 0 radical (unpaired) electrons. The third-order valence-corrected chi connectivity index (χ3v) is 6.48. The Bertz CT molecular complexity index is 351. The summed E-state index contributed by atoms with van der Waals surface area (Å²) in [5.41, 5.74) is 1.68. The van der Waals surface area contributed by atoms with Gasteiger partial charge in [0.2, 0.25) is 0 Å². The first-order valence-electron chi connectivity index (χ1n) is 10.5. The molecule has 0 aromatic heterocycles. The van der Waals surface area contributed by atoms with Gasteiger partial charge in [-0.2, -0.15) is 0 Å². The van der Waals surface area contributed by atoms with Crippen molar-refractivity contribution in [2.45, 2.75) is 104 Å². The Balaban J connectivity index is 2.06. The van der Waals surface area contributed by atoms with Crippen molar-refractivity contribution in [3.63, 3.8) is 0 Å². The van der Waals surface area contributed by atoms with Crippen molar-refractivity contribution in [1.29, 1.82) is 0 Å². The zero-order valence-electron chi connectivity index (χ0n) is 16.3. The van der Waals surface area contributed by atoms with Gasteiger partial charge in [0.25, 0.3) is 0 Å². The van der Waals surface area contributed by atoms with Crippen LogP contribution >= 0.6 is 0 Å². The molecule has 0 spiro atoms. The van der Waals surface area contributed by atoms with E-state index in [-0.39, 0.29) is 0 Å². The molecule has 2 atom stereocenters. The van der Waals surface area contributed by atoms with Gasteiger partial charge in [-0.3, -0.25) is 0 Å². The van der Waals surface area contributed by atoms with Gasteiger partial charge in [-0.05, 0) is 43.4 Å². The summed E-state index contributed by atoms with van der Waals surface area (Å²) in [6, 6.07) is 0.787. The lowest BCUT2D eigenvalue weighted by Gasteiger charge is -2.43. The average molecular weight is 320 g/mol. The highest BCUT2D eigenvalue weighted by Crippen LogP contribution is 2.37. The summed E-state index contributed by atoms with van der Waals surface area (Å²) in [5.74, 6) is 2.67. The number of hydrogen-bond donors (Lipinski definition) is 0. The third-order valence-electron chi connectivity index (χ3n) is 6.48. The summed E-state index contributed by atoms with van der Waals surface area (Å²) in [6.45, 7) is 7.19. The van der Waals surface area contributed by atoms with E-state index in [1.54, 1.807) is 5.70 Å². The van der Waals surface area contributed by atoms with Crippen molar-refractivity contribution >= 4 is 0 Å². The first kappa shape index (κ1) is 18.9. The zero-order chi connectivity index (χ0) is 16.7. The van der Waals surface area contributed by atoms with Crippen LogP contribution in [0.15, 0.2) is 11.8 Å². The van der Waals surface area contributed by atoms with Crippen molar-refractivity contribution in [3.8, 4) is 0 Å². The highest BCUT2D eigenvalue weighted by Gasteiger charge is 2.31. The molecular weight excluding hydrogens is 278 g/mol. The van der Waals surface area contributed by atoms with Gasteiger partial charge in [-0.1, -0.05) is 78.2 Å². The zero-order valence-corrected chi connectivity index (χ0v) is 16.3. The maximum absolute atomic E-state index is 2.73. The van der Waals surface area contributed by atoms with E-state index in [9.17, 15) is 0 Å². The van der Waals surface area contributed by atoms with Crippen LogP contribution in [0.3, 0.4) is 0 Å². The smallest absolute Gasteiger partial charge is 0.0314 e. The predicted molar refractivity (Wildman–Crippen MR) is 103 cm³/mol. The number of nitrogens with zero attached hydrogens (tertiary/aromatic N) is 1. The maximum Gasteiger partial charge on any atom is 0.0314 e. The average Bonchev–Trinajstić information content (AvgIpc) is 2.58. The molecule has 0 aromatic carbocycles. The van der Waals surface area contributed by atoms with E-state index in [2.05, 4.69) is 38.8 Å². The monoisotopic (exact) mass is 319 g/mol. The minimum atomic E-state index is 0.787. The lowest BCUT2D eigenvalue weighted by atomic mass is 9.76. The molecule has 0 heterocycles. The van der Waals surface area contributed by atoms with Crippen LogP contribution in [0.1, 0.15) is 97.8 Å². The van der Waals surface area contributed by atoms with Crippen molar-refractivity contribution < 1.29 is 0 Å². The molecule has 1 nitrogen and oxygen atoms in total. The van der Waals surface area contributed by atoms with Gasteiger partial charge >= 0.3 is 0 Å². The van der Waals surface area contributed by atoms with Crippen LogP contribution in [-0.2, 0) is 0 Å². The Labute approximate surface area is 145 Å². The molecule has 2 fully saturated rings. The second-order valence-corrected chi connectivity index (χ2v) is 8.56. The van der Waals surface area contributed by atoms with Crippen LogP contribution in [-0.4, -0.2) is 18.0 Å². The number of allylic oxidation sites excluding steroid dienone is 2. The Hall–Kier alpha value is -0.460. The van der Waals surface area contributed by atoms with Gasteiger partial charge in [-0.15, -0.1) is 0 Å². The van der Waals surface area contributed by atoms with Gasteiger partial charge in [0.15, 0.2) is 0 Å². The topological polar surface area (TPSA) is 3.24 Å². The second kappa shape index (κ2) is 9.74. The summed E-state index contributed by atoms with van der Waals surface area (Å²) < 4.78 is 0. The van der Waals surface area contributed by atoms with Crippen molar-refractivity contribution in [2.75, 3.05) is 7.05 Å². The molecule has 2 saturated carbocycles. The molecule has 0 amide bonds. The summed E-state index contributed by atoms with van der Waals surface area (Å²) in [6.07, 6.45) is 19.5. The predicted octanol–water partition coefficient (Wildman–Crippen LogP) is 6.79. The first-order chi connectivity index (χ1) is 11.1. The minimum absolute atomic E-state index is 0.787. The first-order valence-corrected chi connectivity index (χ1v) is 10.5. The van der Waals surface area contributed by atoms with Crippen LogP contribution in [0, 0.1) is 17.8 Å². The molecule has 2 aliphatic carbocycles. The largest absolute Gasteiger partial charge is 0.375 e. The molecule has 2 unspecified atom stereocenters. The fourth-order valence-electron chi connectivity index (χ4n) is 4.98. The minimum Gasteiger partial charge on any atom is -0.375 e. The van der Waals surface area contributed by atoms with Gasteiger partial charge in [-0.25, -0.2) is 0 Å². The van der Waals surface area contributed by atoms with Crippen molar-refractivity contribution in [3.05, 3.63) is 11.8 Å². The molecular formula is C22H41N. The number of rotatable bonds is 7. The van der Waals surface area contributed by atoms with E-state index in [0.717, 1.165) is 23.8 Å². The number of hydrogen-bond acceptors (Lipinski definition) is 1. The third kappa shape index (κ3) is 5.54. The van der Waals surface area contributed by atoms with E-state index in [4.69, 9.17) is 0 Å². The van der Waals surface area contributed by atoms with E-state index >= 15 is 0 Å². The fourth-order valence-corrected chi connectivity index (χ4v) is 4.98. The molecule has 2 rings (SSSR count). The molecule has 0 saturated heterocycles. The number of unbranched alkanes of at least 4 members (excludes halogenated alkanes) is 1. The van der Waals surface area contributed by atoms with Crippen molar-refractivity contribution in [1.82, 2.24) is 4.90 Å². The van der Waals surface area contributed by atoms with Gasteiger partial charge in [0.1, 0.15) is 0 Å². The van der Waals surface area contributed by atoms with Crippen LogP contribution in [0.25, 0.3) is 0 Å². The Morgan fingerprint density at radius 2 is 1.65 bits per heavy atom. The summed E-state index contributed by atoms with van der Waals surface area (Å²) in [4.78, 5) is 2.73. The Kier molecular flexibility index (Phi) is 7.99. The SMILES string of the molecule is CCC/C=C(/CC1CCCCC1)N(C)C1CCCCC1C(C)C. The van der Waals surface area contributed by atoms with Gasteiger partial charge in [0, 0.05) is 18.8 Å². The lowest BCUT2D eigenvalue weighted by molar-refractivity contribution is 0.119. The lowest BCUT2D eigenvalue weighted by Crippen LogP contribution is -2.42. The van der Waals surface area contributed by atoms with E-state index in [0.29, 0.717) is 0 Å². The van der Waals surface area contributed by atoms with E-state index < -0.39 is 0 Å². The van der Waals surface area contributed by atoms with E-state index in [1.807, 2.05) is 0 Å². The fraction of sp³-hybridized carbons (Fsp3) is 0.909. The van der Waals surface area contributed by atoms with Crippen LogP contribution in [0.2, 0.25) is 0 Å². The molecule has 0 N–H and O–H groups in total. The Morgan fingerprint density at radius 3 is 2.30 bits per heavy atom. The Morgan fingerprint density at radius 1 is 1.00 bits per heavy atom. The molecule has 2 aliphatic rings. The summed E-state index contributed by atoms with van der Waals surface area (Å²) in [7, 11) is 2.41. The highest BCUT2D eigenvalue weighted by molar-refractivity contribution is 5.05. The maximum atomic E-state index is 2.73. The molecule has 1 heteroatoms. The summed E-state index contributed by atoms with van der Waals surface area (Å²) in [5, 5.41) is 0. The molecule has 0 aromatic rings. The standard InChI is InChI=1S/C22H41N/c1-5-6-14-20(17-19-12-8-7-9-13-19)23(4)22-16-11-10-15-21(22)18(2)3/h14,18-19,21-22H,5-13,15-17H2,1-4H3/b20-14-. The van der Waals surface area contributed by atoms with E-state index in [1.165, 1.54) is 77.0 Å². The van der Waals surface area contributed by atoms with Crippen LogP contribution in [0.4, 0.5) is 0 Å². The van der Waals surface area contributed by atoms with Gasteiger partial charge in [0.05, 0.1) is 0 Å².